The van der Waals surface area contributed by atoms with E-state index in [0.29, 0.717) is 5.56 Å². The zero-order chi connectivity index (χ0) is 16.2. The van der Waals surface area contributed by atoms with Gasteiger partial charge in [-0.3, -0.25) is 0 Å². The Morgan fingerprint density at radius 1 is 1.22 bits per heavy atom. The summed E-state index contributed by atoms with van der Waals surface area (Å²) in [6.07, 6.45) is 5.11. The first-order chi connectivity index (χ1) is 11.2. The first kappa shape index (κ1) is 15.0. The number of aromatic nitrogens is 5. The van der Waals surface area contributed by atoms with Gasteiger partial charge < -0.3 is 0 Å². The van der Waals surface area contributed by atoms with Gasteiger partial charge in [-0.2, -0.15) is 5.26 Å². The van der Waals surface area contributed by atoms with Crippen molar-refractivity contribution in [1.29, 1.82) is 5.26 Å². The summed E-state index contributed by atoms with van der Waals surface area (Å²) in [5.74, 6) is 0.738. The molecule has 2 aromatic heterocycles. The molecule has 0 spiro atoms. The van der Waals surface area contributed by atoms with Crippen LogP contribution in [0.3, 0.4) is 0 Å². The molecule has 2 heterocycles. The Labute approximate surface area is 135 Å². The fraction of sp³-hybridized carbons (Fsp3) is 0.294. The Hall–Kier alpha value is -2.94. The van der Waals surface area contributed by atoms with E-state index in [9.17, 15) is 0 Å². The van der Waals surface area contributed by atoms with Crippen LogP contribution in [0.25, 0.3) is 11.5 Å². The number of nitriles is 1. The quantitative estimate of drug-likeness (QED) is 0.726. The molecule has 0 saturated heterocycles. The third-order valence-corrected chi connectivity index (χ3v) is 3.68. The van der Waals surface area contributed by atoms with Gasteiger partial charge in [0, 0.05) is 11.8 Å². The Kier molecular flexibility index (Phi) is 4.20. The minimum Gasteiger partial charge on any atom is -0.236 e. The first-order valence-electron chi connectivity index (χ1n) is 7.70. The van der Waals surface area contributed by atoms with Crippen LogP contribution in [-0.4, -0.2) is 24.8 Å². The maximum absolute atomic E-state index is 8.88. The van der Waals surface area contributed by atoms with Crippen molar-refractivity contribution in [2.75, 3.05) is 0 Å². The summed E-state index contributed by atoms with van der Waals surface area (Å²) in [7, 11) is 0. The number of nitrogens with zero attached hydrogens (tertiary/aromatic N) is 6. The van der Waals surface area contributed by atoms with Crippen LogP contribution in [0.2, 0.25) is 0 Å². The van der Waals surface area contributed by atoms with E-state index in [-0.39, 0.29) is 0 Å². The smallest absolute Gasteiger partial charge is 0.177 e. The number of hydrogen-bond donors (Lipinski definition) is 0. The van der Waals surface area contributed by atoms with Crippen LogP contribution in [0.5, 0.6) is 0 Å². The van der Waals surface area contributed by atoms with E-state index in [1.165, 1.54) is 0 Å². The highest BCUT2D eigenvalue weighted by Gasteiger charge is 2.10. The predicted octanol–water partition coefficient (Wildman–Crippen LogP) is 2.98. The van der Waals surface area contributed by atoms with Gasteiger partial charge in [0.1, 0.15) is 0 Å². The molecule has 1 aromatic carbocycles. The highest BCUT2D eigenvalue weighted by molar-refractivity contribution is 5.41. The zero-order valence-corrected chi connectivity index (χ0v) is 13.3. The van der Waals surface area contributed by atoms with E-state index in [0.717, 1.165) is 42.2 Å². The minimum atomic E-state index is 0.635. The van der Waals surface area contributed by atoms with Gasteiger partial charge in [-0.1, -0.05) is 18.6 Å². The van der Waals surface area contributed by atoms with Gasteiger partial charge in [0.05, 0.1) is 29.2 Å². The van der Waals surface area contributed by atoms with Crippen molar-refractivity contribution in [2.24, 2.45) is 0 Å². The molecular weight excluding hydrogens is 288 g/mol. The van der Waals surface area contributed by atoms with Gasteiger partial charge in [0.2, 0.25) is 0 Å². The Morgan fingerprint density at radius 2 is 2.00 bits per heavy atom. The average molecular weight is 306 g/mol. The molecule has 3 rings (SSSR count). The summed E-state index contributed by atoms with van der Waals surface area (Å²) in [5, 5.41) is 21.8. The monoisotopic (exact) mass is 306 g/mol. The maximum atomic E-state index is 8.88. The van der Waals surface area contributed by atoms with Crippen LogP contribution < -0.4 is 0 Å². The van der Waals surface area contributed by atoms with E-state index in [2.05, 4.69) is 28.4 Å². The lowest BCUT2D eigenvalue weighted by Gasteiger charge is -2.03. The summed E-state index contributed by atoms with van der Waals surface area (Å²) >= 11 is 0. The predicted molar refractivity (Wildman–Crippen MR) is 86.5 cm³/mol. The Morgan fingerprint density at radius 3 is 2.70 bits per heavy atom. The molecule has 6 heteroatoms. The number of hydrogen-bond acceptors (Lipinski definition) is 4. The molecule has 0 amide bonds. The fourth-order valence-electron chi connectivity index (χ4n) is 2.39. The Bertz CT molecular complexity index is 835. The largest absolute Gasteiger partial charge is 0.236 e. The van der Waals surface area contributed by atoms with Crippen molar-refractivity contribution >= 4 is 0 Å². The number of unbranched alkanes of at least 4 members (excludes halogenated alkanes) is 1. The zero-order valence-electron chi connectivity index (χ0n) is 13.3. The highest BCUT2D eigenvalue weighted by atomic mass is 15.5. The van der Waals surface area contributed by atoms with Crippen LogP contribution >= 0.6 is 0 Å². The summed E-state index contributed by atoms with van der Waals surface area (Å²) in [6.45, 7) is 4.15. The van der Waals surface area contributed by atoms with Crippen LogP contribution in [0.1, 0.15) is 36.7 Å². The molecule has 116 valence electrons. The van der Waals surface area contributed by atoms with Crippen molar-refractivity contribution in [3.63, 3.8) is 0 Å². The molecule has 0 aliphatic heterocycles. The standard InChI is InChI=1S/C17H18N6/c1-3-4-5-15-12-22(21-19-15)17-10-13(2)23(20-17)16-8-6-14(11-18)7-9-16/h6-10,12H,3-5H2,1-2H3. The summed E-state index contributed by atoms with van der Waals surface area (Å²) in [6, 6.07) is 11.4. The molecule has 0 fully saturated rings. The average Bonchev–Trinajstić information content (AvgIpc) is 3.19. The van der Waals surface area contributed by atoms with Gasteiger partial charge in [0.25, 0.3) is 0 Å². The molecule has 0 aliphatic carbocycles. The van der Waals surface area contributed by atoms with E-state index < -0.39 is 0 Å². The second-order valence-corrected chi connectivity index (χ2v) is 5.47. The van der Waals surface area contributed by atoms with E-state index >= 15 is 0 Å². The lowest BCUT2D eigenvalue weighted by Crippen LogP contribution is -2.01. The molecule has 0 aliphatic rings. The lowest BCUT2D eigenvalue weighted by molar-refractivity contribution is 0.741. The number of benzene rings is 1. The van der Waals surface area contributed by atoms with Crippen LogP contribution in [-0.2, 0) is 6.42 Å². The van der Waals surface area contributed by atoms with Crippen molar-refractivity contribution in [2.45, 2.75) is 33.1 Å². The molecule has 23 heavy (non-hydrogen) atoms. The topological polar surface area (TPSA) is 72.3 Å². The Balaban J connectivity index is 1.88. The van der Waals surface area contributed by atoms with Crippen molar-refractivity contribution in [3.05, 3.63) is 53.5 Å². The highest BCUT2D eigenvalue weighted by Crippen LogP contribution is 2.15. The second kappa shape index (κ2) is 6.44. The van der Waals surface area contributed by atoms with Gasteiger partial charge in [-0.15, -0.1) is 10.2 Å². The molecule has 0 radical (unpaired) electrons. The molecular formula is C17H18N6. The van der Waals surface area contributed by atoms with E-state index in [4.69, 9.17) is 5.26 Å². The maximum Gasteiger partial charge on any atom is 0.177 e. The van der Waals surface area contributed by atoms with Gasteiger partial charge in [0.15, 0.2) is 5.82 Å². The van der Waals surface area contributed by atoms with Crippen LogP contribution in [0.4, 0.5) is 0 Å². The van der Waals surface area contributed by atoms with Crippen molar-refractivity contribution in [1.82, 2.24) is 24.8 Å². The first-order valence-corrected chi connectivity index (χ1v) is 7.70. The van der Waals surface area contributed by atoms with E-state index in [1.54, 1.807) is 16.8 Å². The number of rotatable bonds is 5. The molecule has 0 N–H and O–H groups in total. The van der Waals surface area contributed by atoms with Crippen LogP contribution in [0, 0.1) is 18.3 Å². The third kappa shape index (κ3) is 3.14. The molecule has 3 aromatic rings. The SMILES string of the molecule is CCCCc1cn(-c2cc(C)n(-c3ccc(C#N)cc3)n2)nn1. The molecule has 0 bridgehead atoms. The molecule has 0 saturated carbocycles. The molecule has 0 atom stereocenters. The fourth-order valence-corrected chi connectivity index (χ4v) is 2.39. The van der Waals surface area contributed by atoms with Gasteiger partial charge in [-0.25, -0.2) is 9.36 Å². The second-order valence-electron chi connectivity index (χ2n) is 5.47. The minimum absolute atomic E-state index is 0.635. The van der Waals surface area contributed by atoms with Gasteiger partial charge in [-0.05, 0) is 44.0 Å². The number of aryl methyl sites for hydroxylation is 2. The third-order valence-electron chi connectivity index (χ3n) is 3.68. The van der Waals surface area contributed by atoms with E-state index in [1.807, 2.05) is 36.0 Å². The van der Waals surface area contributed by atoms with Gasteiger partial charge >= 0.3 is 0 Å². The summed E-state index contributed by atoms with van der Waals surface area (Å²) in [4.78, 5) is 0. The normalized spacial score (nSPS) is 10.7. The summed E-state index contributed by atoms with van der Waals surface area (Å²) < 4.78 is 3.54. The molecule has 6 nitrogen and oxygen atoms in total. The molecule has 0 unspecified atom stereocenters. The van der Waals surface area contributed by atoms with Crippen LogP contribution in [0.15, 0.2) is 36.5 Å². The lowest BCUT2D eigenvalue weighted by atomic mass is 10.2. The summed E-state index contributed by atoms with van der Waals surface area (Å²) in [5.41, 5.74) is 3.53. The van der Waals surface area contributed by atoms with Crippen molar-refractivity contribution < 1.29 is 0 Å². The van der Waals surface area contributed by atoms with Crippen molar-refractivity contribution in [3.8, 4) is 17.6 Å².